The van der Waals surface area contributed by atoms with Crippen molar-refractivity contribution in [2.75, 3.05) is 10.7 Å². The Bertz CT molecular complexity index is 989. The summed E-state index contributed by atoms with van der Waals surface area (Å²) >= 11 is 0. The van der Waals surface area contributed by atoms with Gasteiger partial charge in [0.1, 0.15) is 0 Å². The Morgan fingerprint density at radius 1 is 1.04 bits per heavy atom. The molecule has 0 bridgehead atoms. The van der Waals surface area contributed by atoms with Crippen LogP contribution in [0.3, 0.4) is 0 Å². The van der Waals surface area contributed by atoms with Crippen LogP contribution in [0, 0.1) is 6.92 Å². The van der Waals surface area contributed by atoms with Crippen LogP contribution in [0.15, 0.2) is 60.8 Å². The molecule has 1 saturated carbocycles. The summed E-state index contributed by atoms with van der Waals surface area (Å²) in [7, 11) is 0. The third-order valence-corrected chi connectivity index (χ3v) is 4.67. The first kappa shape index (κ1) is 17.0. The lowest BCUT2D eigenvalue weighted by molar-refractivity contribution is 0.0950. The van der Waals surface area contributed by atoms with E-state index in [4.69, 9.17) is 5.73 Å². The van der Waals surface area contributed by atoms with Crippen LogP contribution in [-0.4, -0.2) is 27.6 Å². The van der Waals surface area contributed by atoms with Crippen LogP contribution in [0.4, 0.5) is 5.82 Å². The maximum Gasteiger partial charge on any atom is 0.274 e. The number of ketones is 1. The molecule has 0 radical (unpaired) electrons. The number of aromatic nitrogens is 2. The van der Waals surface area contributed by atoms with E-state index >= 15 is 0 Å². The van der Waals surface area contributed by atoms with Crippen molar-refractivity contribution < 1.29 is 9.59 Å². The van der Waals surface area contributed by atoms with E-state index in [9.17, 15) is 9.59 Å². The fourth-order valence-corrected chi connectivity index (χ4v) is 2.99. The van der Waals surface area contributed by atoms with Gasteiger partial charge >= 0.3 is 0 Å². The molecule has 2 aromatic carbocycles. The number of carbonyl (C=O) groups is 2. The minimum atomic E-state index is -0.210. The van der Waals surface area contributed by atoms with Crippen molar-refractivity contribution in [1.29, 1.82) is 0 Å². The van der Waals surface area contributed by atoms with E-state index in [2.05, 4.69) is 5.10 Å². The zero-order chi connectivity index (χ0) is 19.0. The van der Waals surface area contributed by atoms with Crippen LogP contribution in [0.5, 0.6) is 0 Å². The average Bonchev–Trinajstić information content (AvgIpc) is 3.46. The second-order valence-corrected chi connectivity index (χ2v) is 6.77. The van der Waals surface area contributed by atoms with Gasteiger partial charge in [-0.2, -0.15) is 9.89 Å². The molecule has 1 amide bonds. The minimum Gasteiger partial charge on any atom is -0.382 e. The summed E-state index contributed by atoms with van der Waals surface area (Å²) in [6, 6.07) is 16.3. The third kappa shape index (κ3) is 3.21. The molecule has 0 spiro atoms. The van der Waals surface area contributed by atoms with E-state index < -0.39 is 0 Å². The van der Waals surface area contributed by atoms with E-state index in [-0.39, 0.29) is 23.6 Å². The van der Waals surface area contributed by atoms with E-state index in [1.165, 1.54) is 11.0 Å². The van der Waals surface area contributed by atoms with Crippen LogP contribution in [-0.2, 0) is 0 Å². The van der Waals surface area contributed by atoms with Crippen molar-refractivity contribution in [2.45, 2.75) is 25.8 Å². The molecule has 136 valence electrons. The number of carbonyl (C=O) groups excluding carboxylic acids is 2. The number of anilines is 1. The first-order chi connectivity index (χ1) is 13.1. The van der Waals surface area contributed by atoms with Crippen molar-refractivity contribution >= 4 is 17.5 Å². The van der Waals surface area contributed by atoms with Crippen LogP contribution in [0.25, 0.3) is 0 Å². The molecule has 1 fully saturated rings. The SMILES string of the molecule is Cc1ccc(C(=O)N(C2CC2)n2ncc(C(=O)c3ccccc3)c2N)cc1. The Morgan fingerprint density at radius 3 is 2.33 bits per heavy atom. The highest BCUT2D eigenvalue weighted by molar-refractivity contribution is 6.12. The highest BCUT2D eigenvalue weighted by Gasteiger charge is 2.37. The molecule has 1 heterocycles. The van der Waals surface area contributed by atoms with Crippen molar-refractivity contribution in [2.24, 2.45) is 0 Å². The highest BCUT2D eigenvalue weighted by Crippen LogP contribution is 2.29. The van der Waals surface area contributed by atoms with Crippen LogP contribution in [0.2, 0.25) is 0 Å². The number of rotatable bonds is 5. The molecule has 0 aliphatic heterocycles. The first-order valence-corrected chi connectivity index (χ1v) is 8.90. The molecule has 1 aliphatic rings. The van der Waals surface area contributed by atoms with Gasteiger partial charge in [-0.15, -0.1) is 0 Å². The molecule has 1 aromatic heterocycles. The van der Waals surface area contributed by atoms with E-state index in [1.807, 2.05) is 25.1 Å². The van der Waals surface area contributed by atoms with Crippen LogP contribution < -0.4 is 10.7 Å². The Hall–Kier alpha value is -3.41. The summed E-state index contributed by atoms with van der Waals surface area (Å²) in [6.07, 6.45) is 3.21. The van der Waals surface area contributed by atoms with Gasteiger partial charge in [-0.1, -0.05) is 48.0 Å². The number of aryl methyl sites for hydroxylation is 1. The molecule has 0 unspecified atom stereocenters. The quantitative estimate of drug-likeness (QED) is 0.709. The van der Waals surface area contributed by atoms with Crippen LogP contribution in [0.1, 0.15) is 44.7 Å². The van der Waals surface area contributed by atoms with Gasteiger partial charge in [0, 0.05) is 11.1 Å². The number of nitrogens with zero attached hydrogens (tertiary/aromatic N) is 3. The third-order valence-electron chi connectivity index (χ3n) is 4.67. The second kappa shape index (κ2) is 6.72. The topological polar surface area (TPSA) is 81.2 Å². The van der Waals surface area contributed by atoms with Crippen molar-refractivity contribution in [1.82, 2.24) is 9.89 Å². The summed E-state index contributed by atoms with van der Waals surface area (Å²) in [5.41, 5.74) is 8.71. The smallest absolute Gasteiger partial charge is 0.274 e. The van der Waals surface area contributed by atoms with Crippen LogP contribution >= 0.6 is 0 Å². The van der Waals surface area contributed by atoms with Crippen molar-refractivity contribution in [3.63, 3.8) is 0 Å². The molecular formula is C21H20N4O2. The molecule has 4 rings (SSSR count). The Morgan fingerprint density at radius 2 is 1.70 bits per heavy atom. The molecular weight excluding hydrogens is 340 g/mol. The summed E-state index contributed by atoms with van der Waals surface area (Å²) in [5.74, 6) is -0.208. The molecule has 6 nitrogen and oxygen atoms in total. The van der Waals surface area contributed by atoms with Crippen molar-refractivity contribution in [3.8, 4) is 0 Å². The van der Waals surface area contributed by atoms with E-state index in [1.54, 1.807) is 41.4 Å². The summed E-state index contributed by atoms with van der Waals surface area (Å²) in [4.78, 5) is 27.2. The maximum atomic E-state index is 13.1. The molecule has 2 N–H and O–H groups in total. The highest BCUT2D eigenvalue weighted by atomic mass is 16.2. The van der Waals surface area contributed by atoms with Crippen molar-refractivity contribution in [3.05, 3.63) is 83.0 Å². The van der Waals surface area contributed by atoms with E-state index in [0.717, 1.165) is 18.4 Å². The number of nitrogen functional groups attached to an aromatic ring is 1. The molecule has 0 saturated heterocycles. The van der Waals surface area contributed by atoms with Gasteiger partial charge < -0.3 is 5.73 Å². The number of nitrogens with two attached hydrogens (primary N) is 1. The average molecular weight is 360 g/mol. The normalized spacial score (nSPS) is 13.4. The lowest BCUT2D eigenvalue weighted by Gasteiger charge is -2.23. The fourth-order valence-electron chi connectivity index (χ4n) is 2.99. The molecule has 0 atom stereocenters. The van der Waals surface area contributed by atoms with Gasteiger partial charge in [0.2, 0.25) is 0 Å². The van der Waals surface area contributed by atoms with Gasteiger partial charge in [0.25, 0.3) is 5.91 Å². The fraction of sp³-hybridized carbons (Fsp3) is 0.190. The first-order valence-electron chi connectivity index (χ1n) is 8.90. The number of amides is 1. The van der Waals surface area contributed by atoms with Gasteiger partial charge in [-0.3, -0.25) is 9.59 Å². The lowest BCUT2D eigenvalue weighted by atomic mass is 10.1. The standard InChI is InChI=1S/C21H20N4O2/c1-14-7-9-16(10-8-14)21(27)24(17-11-12-17)25-20(22)18(13-23-25)19(26)15-5-3-2-4-6-15/h2-10,13,17H,11-12,22H2,1H3. The monoisotopic (exact) mass is 360 g/mol. The van der Waals surface area contributed by atoms with Gasteiger partial charge in [0.15, 0.2) is 11.6 Å². The lowest BCUT2D eigenvalue weighted by Crippen LogP contribution is -2.43. The zero-order valence-electron chi connectivity index (χ0n) is 15.0. The minimum absolute atomic E-state index is 0.0423. The number of hydrogen-bond donors (Lipinski definition) is 1. The Kier molecular flexibility index (Phi) is 4.24. The van der Waals surface area contributed by atoms with E-state index in [0.29, 0.717) is 16.7 Å². The predicted molar refractivity (Wildman–Crippen MR) is 103 cm³/mol. The maximum absolute atomic E-state index is 13.1. The zero-order valence-corrected chi connectivity index (χ0v) is 15.0. The van der Waals surface area contributed by atoms with Gasteiger partial charge in [-0.05, 0) is 31.9 Å². The number of hydrogen-bond acceptors (Lipinski definition) is 4. The van der Waals surface area contributed by atoms with Gasteiger partial charge in [0.05, 0.1) is 17.8 Å². The largest absolute Gasteiger partial charge is 0.382 e. The molecule has 3 aromatic rings. The molecule has 6 heteroatoms. The van der Waals surface area contributed by atoms with Gasteiger partial charge in [-0.25, -0.2) is 5.01 Å². The Labute approximate surface area is 157 Å². The summed E-state index contributed by atoms with van der Waals surface area (Å²) in [6.45, 7) is 1.97. The second-order valence-electron chi connectivity index (χ2n) is 6.77. The molecule has 1 aliphatic carbocycles. The summed E-state index contributed by atoms with van der Waals surface area (Å²) < 4.78 is 0. The predicted octanol–water partition coefficient (Wildman–Crippen LogP) is 2.95. The number of benzene rings is 2. The molecule has 27 heavy (non-hydrogen) atoms. The summed E-state index contributed by atoms with van der Waals surface area (Å²) in [5, 5.41) is 5.82. The Balaban J connectivity index is 1.68.